The van der Waals surface area contributed by atoms with Crippen LogP contribution in [0.5, 0.6) is 0 Å². The van der Waals surface area contributed by atoms with Crippen molar-refractivity contribution >= 4 is 17.7 Å². The quantitative estimate of drug-likeness (QED) is 0.835. The highest BCUT2D eigenvalue weighted by Gasteiger charge is 2.16. The van der Waals surface area contributed by atoms with Crippen LogP contribution in [0.4, 0.5) is 5.82 Å². The maximum absolute atomic E-state index is 11.7. The SMILES string of the molecule is COC(=O)c1ccc(NC(=O)CC(C)(C)C)nc1. The molecule has 0 fully saturated rings. The summed E-state index contributed by atoms with van der Waals surface area (Å²) in [4.78, 5) is 26.8. The minimum absolute atomic E-state index is 0.0734. The molecule has 0 bridgehead atoms. The van der Waals surface area contributed by atoms with Gasteiger partial charge in [0.25, 0.3) is 0 Å². The molecule has 1 rings (SSSR count). The number of hydrogen-bond acceptors (Lipinski definition) is 4. The fourth-order valence-electron chi connectivity index (χ4n) is 1.38. The number of pyridine rings is 1. The Balaban J connectivity index is 2.64. The maximum atomic E-state index is 11.7. The molecule has 1 aromatic rings. The van der Waals surface area contributed by atoms with Crippen molar-refractivity contribution in [3.63, 3.8) is 0 Å². The molecule has 0 radical (unpaired) electrons. The molecule has 1 heterocycles. The smallest absolute Gasteiger partial charge is 0.339 e. The number of carbonyl (C=O) groups is 2. The highest BCUT2D eigenvalue weighted by molar-refractivity contribution is 5.91. The zero-order valence-electron chi connectivity index (χ0n) is 11.1. The van der Waals surface area contributed by atoms with E-state index >= 15 is 0 Å². The molecule has 0 aromatic carbocycles. The van der Waals surface area contributed by atoms with Crippen LogP contribution in [0.1, 0.15) is 37.6 Å². The Hall–Kier alpha value is -1.91. The van der Waals surface area contributed by atoms with Gasteiger partial charge < -0.3 is 10.1 Å². The van der Waals surface area contributed by atoms with Gasteiger partial charge in [-0.05, 0) is 17.5 Å². The first kappa shape index (κ1) is 14.2. The molecule has 98 valence electrons. The van der Waals surface area contributed by atoms with E-state index in [2.05, 4.69) is 15.0 Å². The van der Waals surface area contributed by atoms with E-state index in [0.717, 1.165) is 0 Å². The minimum Gasteiger partial charge on any atom is -0.465 e. The first-order valence-electron chi connectivity index (χ1n) is 5.66. The van der Waals surface area contributed by atoms with Crippen LogP contribution in [0.15, 0.2) is 18.3 Å². The molecule has 0 aliphatic rings. The van der Waals surface area contributed by atoms with Crippen LogP contribution in [0.3, 0.4) is 0 Å². The Morgan fingerprint density at radius 3 is 2.44 bits per heavy atom. The molecule has 5 nitrogen and oxygen atoms in total. The Morgan fingerprint density at radius 2 is 2.00 bits per heavy atom. The number of anilines is 1. The largest absolute Gasteiger partial charge is 0.465 e. The second kappa shape index (κ2) is 5.62. The number of methoxy groups -OCH3 is 1. The van der Waals surface area contributed by atoms with Gasteiger partial charge in [0.1, 0.15) is 5.82 Å². The van der Waals surface area contributed by atoms with Gasteiger partial charge in [0.05, 0.1) is 12.7 Å². The Bertz CT molecular complexity index is 433. The Kier molecular flexibility index (Phi) is 4.42. The number of ether oxygens (including phenoxy) is 1. The summed E-state index contributed by atoms with van der Waals surface area (Å²) in [7, 11) is 1.31. The predicted molar refractivity (Wildman–Crippen MR) is 68.3 cm³/mol. The van der Waals surface area contributed by atoms with Gasteiger partial charge in [-0.1, -0.05) is 20.8 Å². The van der Waals surface area contributed by atoms with Gasteiger partial charge in [-0.3, -0.25) is 4.79 Å². The predicted octanol–water partition coefficient (Wildman–Crippen LogP) is 2.24. The van der Waals surface area contributed by atoms with Gasteiger partial charge in [0.2, 0.25) is 5.91 Å². The van der Waals surface area contributed by atoms with E-state index in [1.165, 1.54) is 13.3 Å². The van der Waals surface area contributed by atoms with Crippen LogP contribution >= 0.6 is 0 Å². The number of aromatic nitrogens is 1. The summed E-state index contributed by atoms with van der Waals surface area (Å²) in [6, 6.07) is 3.14. The van der Waals surface area contributed by atoms with Crippen molar-refractivity contribution in [1.29, 1.82) is 0 Å². The molecule has 0 atom stereocenters. The Labute approximate surface area is 107 Å². The van der Waals surface area contributed by atoms with Crippen molar-refractivity contribution in [2.75, 3.05) is 12.4 Å². The first-order chi connectivity index (χ1) is 8.31. The third-order valence-corrected chi connectivity index (χ3v) is 2.14. The molecule has 1 aromatic heterocycles. The number of nitrogens with one attached hydrogen (secondary N) is 1. The van der Waals surface area contributed by atoms with Crippen molar-refractivity contribution in [3.8, 4) is 0 Å². The lowest BCUT2D eigenvalue weighted by Gasteiger charge is -2.16. The van der Waals surface area contributed by atoms with Gasteiger partial charge in [0.15, 0.2) is 0 Å². The number of esters is 1. The maximum Gasteiger partial charge on any atom is 0.339 e. The van der Waals surface area contributed by atoms with Crippen LogP contribution in [0, 0.1) is 5.41 Å². The summed E-state index contributed by atoms with van der Waals surface area (Å²) in [5.74, 6) is -0.118. The fourth-order valence-corrected chi connectivity index (χ4v) is 1.38. The van der Waals surface area contributed by atoms with Crippen molar-refractivity contribution in [2.24, 2.45) is 5.41 Å². The lowest BCUT2D eigenvalue weighted by Crippen LogP contribution is -2.20. The van der Waals surface area contributed by atoms with Crippen LogP contribution < -0.4 is 5.32 Å². The molecule has 0 aliphatic carbocycles. The lowest BCUT2D eigenvalue weighted by atomic mass is 9.92. The number of amides is 1. The molecule has 0 unspecified atom stereocenters. The van der Waals surface area contributed by atoms with E-state index in [1.54, 1.807) is 12.1 Å². The van der Waals surface area contributed by atoms with Gasteiger partial charge in [-0.25, -0.2) is 9.78 Å². The van der Waals surface area contributed by atoms with E-state index in [1.807, 2.05) is 20.8 Å². The van der Waals surface area contributed by atoms with E-state index in [9.17, 15) is 9.59 Å². The molecule has 0 aliphatic heterocycles. The summed E-state index contributed by atoms with van der Waals surface area (Å²) in [5, 5.41) is 2.68. The summed E-state index contributed by atoms with van der Waals surface area (Å²) in [6.07, 6.45) is 1.78. The van der Waals surface area contributed by atoms with Crippen LogP contribution in [0.25, 0.3) is 0 Å². The number of hydrogen-bond donors (Lipinski definition) is 1. The zero-order valence-corrected chi connectivity index (χ0v) is 11.1. The number of carbonyl (C=O) groups excluding carboxylic acids is 2. The molecule has 1 amide bonds. The highest BCUT2D eigenvalue weighted by Crippen LogP contribution is 2.19. The average Bonchev–Trinajstić information content (AvgIpc) is 2.26. The summed E-state index contributed by atoms with van der Waals surface area (Å²) in [6.45, 7) is 5.96. The second-order valence-electron chi connectivity index (χ2n) is 5.21. The van der Waals surface area contributed by atoms with Gasteiger partial charge in [-0.2, -0.15) is 0 Å². The lowest BCUT2D eigenvalue weighted by molar-refractivity contribution is -0.117. The molecule has 1 N–H and O–H groups in total. The Morgan fingerprint density at radius 1 is 1.33 bits per heavy atom. The topological polar surface area (TPSA) is 68.3 Å². The molecule has 0 saturated carbocycles. The minimum atomic E-state index is -0.449. The molecule has 0 spiro atoms. The summed E-state index contributed by atoms with van der Waals surface area (Å²) >= 11 is 0. The zero-order chi connectivity index (χ0) is 13.8. The van der Waals surface area contributed by atoms with Crippen molar-refractivity contribution in [1.82, 2.24) is 4.98 Å². The molecule has 0 saturated heterocycles. The molecule has 18 heavy (non-hydrogen) atoms. The van der Waals surface area contributed by atoms with Crippen molar-refractivity contribution in [2.45, 2.75) is 27.2 Å². The van der Waals surface area contributed by atoms with E-state index in [0.29, 0.717) is 17.8 Å². The van der Waals surface area contributed by atoms with Crippen LogP contribution in [0.2, 0.25) is 0 Å². The monoisotopic (exact) mass is 250 g/mol. The normalized spacial score (nSPS) is 10.9. The summed E-state index contributed by atoms with van der Waals surface area (Å²) in [5.41, 5.74) is 0.280. The van der Waals surface area contributed by atoms with Gasteiger partial charge in [-0.15, -0.1) is 0 Å². The molecular formula is C13H18N2O3. The van der Waals surface area contributed by atoms with Gasteiger partial charge >= 0.3 is 5.97 Å². The number of nitrogens with zero attached hydrogens (tertiary/aromatic N) is 1. The highest BCUT2D eigenvalue weighted by atomic mass is 16.5. The molecular weight excluding hydrogens is 232 g/mol. The van der Waals surface area contributed by atoms with E-state index in [4.69, 9.17) is 0 Å². The number of rotatable bonds is 3. The standard InChI is InChI=1S/C13H18N2O3/c1-13(2,3)7-11(16)15-10-6-5-9(8-14-10)12(17)18-4/h5-6,8H,7H2,1-4H3,(H,14,15,16). The van der Waals surface area contributed by atoms with Crippen LogP contribution in [-0.2, 0) is 9.53 Å². The van der Waals surface area contributed by atoms with E-state index in [-0.39, 0.29) is 11.3 Å². The fraction of sp³-hybridized carbons (Fsp3) is 0.462. The van der Waals surface area contributed by atoms with Crippen molar-refractivity contribution in [3.05, 3.63) is 23.9 Å². The molecule has 5 heteroatoms. The second-order valence-corrected chi connectivity index (χ2v) is 5.21. The third-order valence-electron chi connectivity index (χ3n) is 2.14. The van der Waals surface area contributed by atoms with E-state index < -0.39 is 5.97 Å². The summed E-state index contributed by atoms with van der Waals surface area (Å²) < 4.78 is 4.56. The average molecular weight is 250 g/mol. The van der Waals surface area contributed by atoms with Crippen molar-refractivity contribution < 1.29 is 14.3 Å². The van der Waals surface area contributed by atoms with Crippen LogP contribution in [-0.4, -0.2) is 24.0 Å². The first-order valence-corrected chi connectivity index (χ1v) is 5.66. The van der Waals surface area contributed by atoms with Gasteiger partial charge in [0, 0.05) is 12.6 Å². The third kappa shape index (κ3) is 4.53.